The second-order valence-electron chi connectivity index (χ2n) is 15.1. The summed E-state index contributed by atoms with van der Waals surface area (Å²) < 4.78 is 18.4. The Bertz CT molecular complexity index is 1050. The van der Waals surface area contributed by atoms with Gasteiger partial charge in [0.25, 0.3) is 0 Å². The number of amides is 1. The molecule has 1 aliphatic rings. The highest BCUT2D eigenvalue weighted by molar-refractivity contribution is 5.67. The second kappa shape index (κ2) is 33.9. The number of allylic oxidation sites excluding steroid dienone is 8. The maximum Gasteiger partial charge on any atom is 0.407 e. The van der Waals surface area contributed by atoms with Crippen LogP contribution in [0.3, 0.4) is 0 Å². The SMILES string of the molecule is CCCCC/C=C\C/C=C\CCCCCCCCC1(CCCCCCCC/C=C\C/C=C\CCCCC)OC[C@H](CNC(=O)OCc2ccccc2)O1. The summed E-state index contributed by atoms with van der Waals surface area (Å²) >= 11 is 0. The zero-order valence-electron chi connectivity index (χ0n) is 34.2. The van der Waals surface area contributed by atoms with Crippen LogP contribution in [0, 0.1) is 0 Å². The Balaban J connectivity index is 1.63. The monoisotopic (exact) mass is 734 g/mol. The molecule has 0 bridgehead atoms. The molecular formula is C48H79NO4. The molecule has 0 radical (unpaired) electrons. The molecule has 300 valence electrons. The van der Waals surface area contributed by atoms with Crippen LogP contribution in [0.15, 0.2) is 78.9 Å². The van der Waals surface area contributed by atoms with Crippen molar-refractivity contribution in [1.82, 2.24) is 5.32 Å². The van der Waals surface area contributed by atoms with E-state index >= 15 is 0 Å². The summed E-state index contributed by atoms with van der Waals surface area (Å²) in [6.45, 7) is 5.70. The zero-order chi connectivity index (χ0) is 37.8. The first kappa shape index (κ1) is 46.5. The van der Waals surface area contributed by atoms with Crippen LogP contribution in [-0.2, 0) is 20.8 Å². The second-order valence-corrected chi connectivity index (χ2v) is 15.1. The van der Waals surface area contributed by atoms with Crippen LogP contribution in [0.1, 0.15) is 186 Å². The topological polar surface area (TPSA) is 56.8 Å². The summed E-state index contributed by atoms with van der Waals surface area (Å²) in [4.78, 5) is 12.4. The third kappa shape index (κ3) is 26.7. The van der Waals surface area contributed by atoms with Crippen molar-refractivity contribution in [3.63, 3.8) is 0 Å². The van der Waals surface area contributed by atoms with Crippen LogP contribution in [0.5, 0.6) is 0 Å². The summed E-state index contributed by atoms with van der Waals surface area (Å²) in [5.74, 6) is -0.523. The van der Waals surface area contributed by atoms with Crippen LogP contribution in [0.25, 0.3) is 0 Å². The Hall–Kier alpha value is -2.63. The number of alkyl carbamates (subject to hydrolysis) is 1. The molecule has 1 aromatic carbocycles. The zero-order valence-corrected chi connectivity index (χ0v) is 34.2. The van der Waals surface area contributed by atoms with Gasteiger partial charge in [0.1, 0.15) is 12.7 Å². The first-order valence-electron chi connectivity index (χ1n) is 22.0. The number of carbonyl (C=O) groups is 1. The predicted molar refractivity (Wildman–Crippen MR) is 226 cm³/mol. The van der Waals surface area contributed by atoms with Crippen molar-refractivity contribution < 1.29 is 19.0 Å². The van der Waals surface area contributed by atoms with Crippen LogP contribution in [-0.4, -0.2) is 31.1 Å². The third-order valence-corrected chi connectivity index (χ3v) is 10.1. The first-order chi connectivity index (χ1) is 26.2. The van der Waals surface area contributed by atoms with Crippen molar-refractivity contribution in [2.24, 2.45) is 0 Å². The Morgan fingerprint density at radius 2 is 1.09 bits per heavy atom. The normalized spacial score (nSPS) is 15.8. The van der Waals surface area contributed by atoms with Crippen molar-refractivity contribution in [3.05, 3.63) is 84.5 Å². The Kier molecular flexibility index (Phi) is 29.8. The lowest BCUT2D eigenvalue weighted by atomic mass is 9.98. The highest BCUT2D eigenvalue weighted by Crippen LogP contribution is 2.34. The van der Waals surface area contributed by atoms with E-state index in [1.54, 1.807) is 0 Å². The van der Waals surface area contributed by atoms with Gasteiger partial charge in [0.2, 0.25) is 0 Å². The highest BCUT2D eigenvalue weighted by atomic mass is 16.7. The van der Waals surface area contributed by atoms with E-state index in [9.17, 15) is 4.79 Å². The molecule has 1 saturated heterocycles. The molecule has 0 saturated carbocycles. The van der Waals surface area contributed by atoms with E-state index in [2.05, 4.69) is 67.8 Å². The van der Waals surface area contributed by atoms with Gasteiger partial charge in [-0.3, -0.25) is 0 Å². The minimum absolute atomic E-state index is 0.145. The van der Waals surface area contributed by atoms with Gasteiger partial charge < -0.3 is 19.5 Å². The van der Waals surface area contributed by atoms with Gasteiger partial charge >= 0.3 is 6.09 Å². The Morgan fingerprint density at radius 1 is 0.642 bits per heavy atom. The average molecular weight is 734 g/mol. The fraction of sp³-hybridized carbons (Fsp3) is 0.688. The van der Waals surface area contributed by atoms with Gasteiger partial charge in [-0.25, -0.2) is 4.79 Å². The number of ether oxygens (including phenoxy) is 3. The largest absolute Gasteiger partial charge is 0.445 e. The molecule has 53 heavy (non-hydrogen) atoms. The molecular weight excluding hydrogens is 655 g/mol. The van der Waals surface area contributed by atoms with Gasteiger partial charge in [-0.05, 0) is 82.6 Å². The number of hydrogen-bond acceptors (Lipinski definition) is 4. The number of hydrogen-bond donors (Lipinski definition) is 1. The molecule has 2 rings (SSSR count). The summed E-state index contributed by atoms with van der Waals surface area (Å²) in [6, 6.07) is 9.77. The van der Waals surface area contributed by atoms with Gasteiger partial charge in [-0.15, -0.1) is 0 Å². The van der Waals surface area contributed by atoms with Crippen molar-refractivity contribution in [3.8, 4) is 0 Å². The molecule has 0 aliphatic carbocycles. The molecule has 1 aliphatic heterocycles. The van der Waals surface area contributed by atoms with Crippen molar-refractivity contribution in [2.75, 3.05) is 13.2 Å². The summed E-state index contributed by atoms with van der Waals surface area (Å²) in [6.07, 6.45) is 49.8. The molecule has 1 aromatic rings. The number of benzene rings is 1. The van der Waals surface area contributed by atoms with E-state index < -0.39 is 11.9 Å². The maximum absolute atomic E-state index is 12.4. The molecule has 0 unspecified atom stereocenters. The Morgan fingerprint density at radius 3 is 1.58 bits per heavy atom. The predicted octanol–water partition coefficient (Wildman–Crippen LogP) is 14.4. The van der Waals surface area contributed by atoms with Crippen LogP contribution in [0.4, 0.5) is 4.79 Å². The molecule has 1 fully saturated rings. The van der Waals surface area contributed by atoms with E-state index in [0.717, 1.165) is 44.1 Å². The van der Waals surface area contributed by atoms with E-state index in [1.165, 1.54) is 128 Å². The summed E-state index contributed by atoms with van der Waals surface area (Å²) in [7, 11) is 0. The van der Waals surface area contributed by atoms with Gasteiger partial charge in [0.05, 0.1) is 6.61 Å². The fourth-order valence-electron chi connectivity index (χ4n) is 6.84. The lowest BCUT2D eigenvalue weighted by Crippen LogP contribution is -2.36. The first-order valence-corrected chi connectivity index (χ1v) is 22.0. The molecule has 5 heteroatoms. The quantitative estimate of drug-likeness (QED) is 0.0566. The lowest BCUT2D eigenvalue weighted by Gasteiger charge is -2.28. The van der Waals surface area contributed by atoms with Gasteiger partial charge in [0, 0.05) is 19.4 Å². The standard InChI is InChI=1S/C48H79NO4/c1-3-5-7-9-11-13-15-17-19-21-23-25-27-29-31-36-40-48(41-37-32-30-28-26-24-22-20-18-16-14-12-10-8-6-4-2)52-44-46(53-48)42-49-47(50)51-43-45-38-34-33-35-39-45/h11-14,17-20,33-35,38-39,46H,3-10,15-16,21-32,36-37,40-44H2,1-2H3,(H,49,50)/b13-11-,14-12-,19-17-,20-18-/t46-/m0/s1. The lowest BCUT2D eigenvalue weighted by molar-refractivity contribution is -0.178. The fourth-order valence-corrected chi connectivity index (χ4v) is 6.84. The van der Waals surface area contributed by atoms with E-state index in [4.69, 9.17) is 14.2 Å². The van der Waals surface area contributed by atoms with Crippen LogP contribution in [0.2, 0.25) is 0 Å². The Labute approximate surface area is 326 Å². The molecule has 1 heterocycles. The summed E-state index contributed by atoms with van der Waals surface area (Å²) in [5, 5.41) is 2.90. The summed E-state index contributed by atoms with van der Waals surface area (Å²) in [5.41, 5.74) is 0.976. The van der Waals surface area contributed by atoms with Crippen molar-refractivity contribution in [2.45, 2.75) is 199 Å². The molecule has 5 nitrogen and oxygen atoms in total. The smallest absolute Gasteiger partial charge is 0.407 e. The van der Waals surface area contributed by atoms with Gasteiger partial charge in [0.15, 0.2) is 5.79 Å². The van der Waals surface area contributed by atoms with Crippen molar-refractivity contribution in [1.29, 1.82) is 0 Å². The molecule has 1 N–H and O–H groups in total. The van der Waals surface area contributed by atoms with E-state index in [1.807, 2.05) is 30.3 Å². The molecule has 0 aromatic heterocycles. The van der Waals surface area contributed by atoms with E-state index in [-0.39, 0.29) is 12.7 Å². The van der Waals surface area contributed by atoms with Gasteiger partial charge in [-0.2, -0.15) is 0 Å². The number of carbonyl (C=O) groups excluding carboxylic acids is 1. The number of rotatable bonds is 34. The van der Waals surface area contributed by atoms with Crippen LogP contribution < -0.4 is 5.32 Å². The minimum atomic E-state index is -0.523. The third-order valence-electron chi connectivity index (χ3n) is 10.1. The highest BCUT2D eigenvalue weighted by Gasteiger charge is 2.40. The maximum atomic E-state index is 12.4. The van der Waals surface area contributed by atoms with Crippen LogP contribution >= 0.6 is 0 Å². The molecule has 1 amide bonds. The number of unbranched alkanes of at least 4 members (excludes halogenated alkanes) is 18. The molecule has 1 atom stereocenters. The van der Waals surface area contributed by atoms with Gasteiger partial charge in [-0.1, -0.05) is 170 Å². The minimum Gasteiger partial charge on any atom is -0.445 e. The average Bonchev–Trinajstić information content (AvgIpc) is 3.59. The van der Waals surface area contributed by atoms with E-state index in [0.29, 0.717) is 13.2 Å². The molecule has 0 spiro atoms. The van der Waals surface area contributed by atoms with Crippen molar-refractivity contribution >= 4 is 6.09 Å². The number of nitrogens with one attached hydrogen (secondary N) is 1.